The topological polar surface area (TPSA) is 103 Å². The number of rotatable bonds is 3. The molecule has 7 nitrogen and oxygen atoms in total. The Labute approximate surface area is 108 Å². The van der Waals surface area contributed by atoms with Gasteiger partial charge in [-0.15, -0.1) is 0 Å². The number of aromatic amines is 1. The molecule has 1 saturated heterocycles. The van der Waals surface area contributed by atoms with Crippen LogP contribution in [0.3, 0.4) is 0 Å². The quantitative estimate of drug-likeness (QED) is 0.840. The molecular formula is C11H11N3O4S. The van der Waals surface area contributed by atoms with Gasteiger partial charge in [-0.05, 0) is 12.1 Å². The van der Waals surface area contributed by atoms with E-state index in [4.69, 9.17) is 5.11 Å². The van der Waals surface area contributed by atoms with Crippen LogP contribution in [0.4, 0.5) is 0 Å². The molecule has 0 unspecified atom stereocenters. The highest BCUT2D eigenvalue weighted by atomic mass is 32.2. The first-order valence-electron chi connectivity index (χ1n) is 5.65. The number of fused-ring (bicyclic) bond motifs is 1. The van der Waals surface area contributed by atoms with Crippen LogP contribution in [0.15, 0.2) is 29.4 Å². The Morgan fingerprint density at radius 1 is 1.47 bits per heavy atom. The van der Waals surface area contributed by atoms with Crippen molar-refractivity contribution in [2.75, 3.05) is 13.1 Å². The summed E-state index contributed by atoms with van der Waals surface area (Å²) < 4.78 is 25.9. The van der Waals surface area contributed by atoms with Gasteiger partial charge in [0.05, 0.1) is 5.92 Å². The molecule has 0 aliphatic carbocycles. The van der Waals surface area contributed by atoms with Crippen molar-refractivity contribution in [1.29, 1.82) is 0 Å². The third-order valence-corrected chi connectivity index (χ3v) is 5.10. The molecule has 19 heavy (non-hydrogen) atoms. The van der Waals surface area contributed by atoms with Crippen molar-refractivity contribution in [3.63, 3.8) is 0 Å². The number of carboxylic acids is 1. The average molecular weight is 281 g/mol. The summed E-state index contributed by atoms with van der Waals surface area (Å²) >= 11 is 0. The fourth-order valence-corrected chi connectivity index (χ4v) is 3.75. The minimum absolute atomic E-state index is 0.0185. The molecule has 3 rings (SSSR count). The molecule has 2 N–H and O–H groups in total. The van der Waals surface area contributed by atoms with Gasteiger partial charge in [-0.25, -0.2) is 13.4 Å². The third-order valence-electron chi connectivity index (χ3n) is 3.23. The van der Waals surface area contributed by atoms with Gasteiger partial charge >= 0.3 is 5.97 Å². The Balaban J connectivity index is 1.96. The van der Waals surface area contributed by atoms with Crippen LogP contribution in [-0.2, 0) is 14.8 Å². The van der Waals surface area contributed by atoms with Crippen LogP contribution in [0.5, 0.6) is 0 Å². The second-order valence-corrected chi connectivity index (χ2v) is 6.32. The first kappa shape index (κ1) is 12.1. The fraction of sp³-hybridized carbons (Fsp3) is 0.273. The number of hydrogen-bond acceptors (Lipinski definition) is 4. The molecule has 100 valence electrons. The number of H-pyrrole nitrogens is 1. The molecule has 2 aromatic heterocycles. The number of nitrogens with one attached hydrogen (secondary N) is 1. The van der Waals surface area contributed by atoms with E-state index in [9.17, 15) is 13.2 Å². The predicted molar refractivity (Wildman–Crippen MR) is 66.0 cm³/mol. The van der Waals surface area contributed by atoms with Crippen LogP contribution in [0.25, 0.3) is 11.0 Å². The van der Waals surface area contributed by atoms with Crippen LogP contribution >= 0.6 is 0 Å². The molecule has 1 aliphatic rings. The molecule has 0 aromatic carbocycles. The maximum absolute atomic E-state index is 12.3. The van der Waals surface area contributed by atoms with E-state index in [2.05, 4.69) is 9.97 Å². The number of carboxylic acid groups (broad SMARTS) is 1. The average Bonchev–Trinajstić information content (AvgIpc) is 2.69. The number of sulfonamides is 1. The summed E-state index contributed by atoms with van der Waals surface area (Å²) in [6.07, 6.45) is 2.96. The van der Waals surface area contributed by atoms with E-state index in [0.717, 1.165) is 0 Å². The number of aliphatic carboxylic acids is 1. The SMILES string of the molecule is O=C(O)C1CN(S(=O)(=O)c2c[nH]c3ncccc23)C1. The lowest BCUT2D eigenvalue weighted by molar-refractivity contribution is -0.145. The smallest absolute Gasteiger partial charge is 0.309 e. The second-order valence-electron chi connectivity index (χ2n) is 4.41. The van der Waals surface area contributed by atoms with E-state index < -0.39 is 21.9 Å². The summed E-state index contributed by atoms with van der Waals surface area (Å²) in [6, 6.07) is 3.32. The molecule has 2 aromatic rings. The van der Waals surface area contributed by atoms with Crippen molar-refractivity contribution in [2.45, 2.75) is 4.90 Å². The number of nitrogens with zero attached hydrogens (tertiary/aromatic N) is 2. The lowest BCUT2D eigenvalue weighted by Gasteiger charge is -2.35. The number of carbonyl (C=O) groups is 1. The van der Waals surface area contributed by atoms with Gasteiger partial charge in [-0.2, -0.15) is 4.31 Å². The van der Waals surface area contributed by atoms with E-state index in [1.165, 1.54) is 10.5 Å². The summed E-state index contributed by atoms with van der Waals surface area (Å²) in [5.74, 6) is -1.58. The van der Waals surface area contributed by atoms with E-state index in [-0.39, 0.29) is 18.0 Å². The standard InChI is InChI=1S/C11H11N3O4S/c15-11(16)7-5-14(6-7)19(17,18)9-4-13-10-8(9)2-1-3-12-10/h1-4,7H,5-6H2,(H,12,13)(H,15,16). The third kappa shape index (κ3) is 1.80. The Hall–Kier alpha value is -1.93. The van der Waals surface area contributed by atoms with E-state index in [1.807, 2.05) is 0 Å². The second kappa shape index (κ2) is 4.04. The zero-order valence-electron chi connectivity index (χ0n) is 9.78. The first-order chi connectivity index (χ1) is 9.00. The van der Waals surface area contributed by atoms with E-state index in [0.29, 0.717) is 11.0 Å². The van der Waals surface area contributed by atoms with Gasteiger partial charge in [0.1, 0.15) is 10.5 Å². The molecule has 1 aliphatic heterocycles. The van der Waals surface area contributed by atoms with Crippen LogP contribution in [0.1, 0.15) is 0 Å². The maximum atomic E-state index is 12.3. The van der Waals surface area contributed by atoms with Crippen molar-refractivity contribution in [1.82, 2.24) is 14.3 Å². The minimum Gasteiger partial charge on any atom is -0.481 e. The summed E-state index contributed by atoms with van der Waals surface area (Å²) in [5.41, 5.74) is 0.497. The Bertz CT molecular complexity index is 746. The zero-order valence-corrected chi connectivity index (χ0v) is 10.6. The highest BCUT2D eigenvalue weighted by Crippen LogP contribution is 2.29. The largest absolute Gasteiger partial charge is 0.481 e. The van der Waals surface area contributed by atoms with E-state index in [1.54, 1.807) is 18.3 Å². The maximum Gasteiger partial charge on any atom is 0.309 e. The van der Waals surface area contributed by atoms with Crippen molar-refractivity contribution >= 4 is 27.0 Å². The molecule has 1 fully saturated rings. The number of aromatic nitrogens is 2. The normalized spacial score (nSPS) is 17.5. The fourth-order valence-electron chi connectivity index (χ4n) is 2.07. The molecule has 0 atom stereocenters. The van der Waals surface area contributed by atoms with Gasteiger partial charge in [0, 0.05) is 30.9 Å². The Morgan fingerprint density at radius 3 is 2.89 bits per heavy atom. The lowest BCUT2D eigenvalue weighted by Crippen LogP contribution is -2.52. The van der Waals surface area contributed by atoms with Crippen molar-refractivity contribution in [3.05, 3.63) is 24.5 Å². The Kier molecular flexibility index (Phi) is 2.58. The summed E-state index contributed by atoms with van der Waals surface area (Å²) in [4.78, 5) is 17.7. The van der Waals surface area contributed by atoms with Crippen molar-refractivity contribution in [2.24, 2.45) is 5.92 Å². The van der Waals surface area contributed by atoms with E-state index >= 15 is 0 Å². The molecule has 0 bridgehead atoms. The lowest BCUT2D eigenvalue weighted by atomic mass is 10.0. The molecule has 0 spiro atoms. The van der Waals surface area contributed by atoms with Gasteiger partial charge in [-0.3, -0.25) is 4.79 Å². The molecule has 3 heterocycles. The number of hydrogen-bond donors (Lipinski definition) is 2. The van der Waals surface area contributed by atoms with Gasteiger partial charge in [-0.1, -0.05) is 0 Å². The van der Waals surface area contributed by atoms with Gasteiger partial charge < -0.3 is 10.1 Å². The highest BCUT2D eigenvalue weighted by molar-refractivity contribution is 7.89. The van der Waals surface area contributed by atoms with Gasteiger partial charge in [0.25, 0.3) is 0 Å². The van der Waals surface area contributed by atoms with Crippen LogP contribution < -0.4 is 0 Å². The minimum atomic E-state index is -3.65. The Morgan fingerprint density at radius 2 is 2.21 bits per heavy atom. The van der Waals surface area contributed by atoms with Crippen molar-refractivity contribution < 1.29 is 18.3 Å². The van der Waals surface area contributed by atoms with Crippen LogP contribution in [0.2, 0.25) is 0 Å². The predicted octanol–water partition coefficient (Wildman–Crippen LogP) is 0.268. The molecule has 8 heteroatoms. The molecule has 0 saturated carbocycles. The highest BCUT2D eigenvalue weighted by Gasteiger charge is 2.41. The van der Waals surface area contributed by atoms with Gasteiger partial charge in [0.15, 0.2) is 0 Å². The molecule has 0 amide bonds. The van der Waals surface area contributed by atoms with Gasteiger partial charge in [0.2, 0.25) is 10.0 Å². The van der Waals surface area contributed by atoms with Crippen LogP contribution in [-0.4, -0.2) is 46.9 Å². The summed E-state index contributed by atoms with van der Waals surface area (Å²) in [6.45, 7) is 0.0369. The summed E-state index contributed by atoms with van der Waals surface area (Å²) in [5, 5.41) is 9.30. The first-order valence-corrected chi connectivity index (χ1v) is 7.09. The van der Waals surface area contributed by atoms with Crippen LogP contribution in [0, 0.1) is 5.92 Å². The molecular weight excluding hydrogens is 270 g/mol. The monoisotopic (exact) mass is 281 g/mol. The zero-order chi connectivity index (χ0) is 13.6. The van der Waals surface area contributed by atoms with Crippen molar-refractivity contribution in [3.8, 4) is 0 Å². The summed E-state index contributed by atoms with van der Waals surface area (Å²) in [7, 11) is -3.65. The molecule has 0 radical (unpaired) electrons. The number of pyridine rings is 1.